The zero-order valence-corrected chi connectivity index (χ0v) is 18.6. The van der Waals surface area contributed by atoms with Crippen molar-refractivity contribution in [1.82, 2.24) is 0 Å². The van der Waals surface area contributed by atoms with Crippen LogP contribution in [0.1, 0.15) is 44.7 Å². The maximum Gasteiger partial charge on any atom is 0.262 e. The molecule has 3 aromatic rings. The van der Waals surface area contributed by atoms with Crippen molar-refractivity contribution >= 4 is 11.6 Å². The Hall–Kier alpha value is -3.27. The number of unbranched alkanes of at least 4 members (excludes halogenated alkanes) is 1. The second-order valence-corrected chi connectivity index (χ2v) is 8.08. The van der Waals surface area contributed by atoms with Crippen LogP contribution in [0.4, 0.5) is 5.69 Å². The second-order valence-electron chi connectivity index (χ2n) is 8.08. The lowest BCUT2D eigenvalue weighted by atomic mass is 9.78. The Morgan fingerprint density at radius 3 is 2.03 bits per heavy atom. The third-order valence-corrected chi connectivity index (χ3v) is 5.35. The van der Waals surface area contributed by atoms with Crippen molar-refractivity contribution in [1.29, 1.82) is 0 Å². The summed E-state index contributed by atoms with van der Waals surface area (Å²) in [5, 5.41) is 2.84. The van der Waals surface area contributed by atoms with Gasteiger partial charge in [-0.25, -0.2) is 0 Å². The first kappa shape index (κ1) is 22.4. The quantitative estimate of drug-likeness (QED) is 0.399. The lowest BCUT2D eigenvalue weighted by Gasteiger charge is -2.26. The summed E-state index contributed by atoms with van der Waals surface area (Å²) < 4.78 is 11.3. The van der Waals surface area contributed by atoms with E-state index in [1.165, 1.54) is 11.1 Å². The molecule has 0 aromatic heterocycles. The molecule has 3 aromatic carbocycles. The summed E-state index contributed by atoms with van der Waals surface area (Å²) in [6, 6.07) is 25.7. The predicted molar refractivity (Wildman–Crippen MR) is 126 cm³/mol. The van der Waals surface area contributed by atoms with Crippen molar-refractivity contribution in [3.8, 4) is 11.5 Å². The van der Waals surface area contributed by atoms with Crippen molar-refractivity contribution in [2.75, 3.05) is 18.5 Å². The molecule has 4 nitrogen and oxygen atoms in total. The van der Waals surface area contributed by atoms with E-state index in [4.69, 9.17) is 9.47 Å². The van der Waals surface area contributed by atoms with Crippen molar-refractivity contribution < 1.29 is 14.3 Å². The number of carbonyl (C=O) groups excluding carboxylic acids is 1. The van der Waals surface area contributed by atoms with Gasteiger partial charge in [0.25, 0.3) is 5.91 Å². The Labute approximate surface area is 185 Å². The molecule has 0 unspecified atom stereocenters. The molecule has 0 atom stereocenters. The second kappa shape index (κ2) is 10.7. The van der Waals surface area contributed by atoms with Crippen LogP contribution in [-0.2, 0) is 10.2 Å². The van der Waals surface area contributed by atoms with Crippen LogP contribution in [0.2, 0.25) is 0 Å². The van der Waals surface area contributed by atoms with Gasteiger partial charge in [-0.1, -0.05) is 69.7 Å². The minimum atomic E-state index is -0.201. The van der Waals surface area contributed by atoms with Crippen LogP contribution in [0.5, 0.6) is 11.5 Å². The van der Waals surface area contributed by atoms with Gasteiger partial charge in [0.15, 0.2) is 6.61 Å². The van der Waals surface area contributed by atoms with Gasteiger partial charge in [-0.15, -0.1) is 0 Å². The lowest BCUT2D eigenvalue weighted by molar-refractivity contribution is -0.118. The average Bonchev–Trinajstić information content (AvgIpc) is 2.80. The number of hydrogen-bond acceptors (Lipinski definition) is 3. The van der Waals surface area contributed by atoms with Gasteiger partial charge >= 0.3 is 0 Å². The minimum absolute atomic E-state index is 0.0455. The third kappa shape index (κ3) is 6.35. The monoisotopic (exact) mass is 417 g/mol. The highest BCUT2D eigenvalue weighted by Crippen LogP contribution is 2.32. The van der Waals surface area contributed by atoms with E-state index in [0.717, 1.165) is 24.3 Å². The molecule has 0 saturated heterocycles. The smallest absolute Gasteiger partial charge is 0.262 e. The van der Waals surface area contributed by atoms with E-state index in [0.29, 0.717) is 12.4 Å². The Bertz CT molecular complexity index is 948. The van der Waals surface area contributed by atoms with Crippen LogP contribution in [0.25, 0.3) is 0 Å². The molecule has 0 saturated carbocycles. The lowest BCUT2D eigenvalue weighted by Crippen LogP contribution is -2.20. The molecule has 4 heteroatoms. The predicted octanol–water partition coefficient (Wildman–Crippen LogP) is 6.21. The van der Waals surface area contributed by atoms with E-state index >= 15 is 0 Å². The molecule has 0 bridgehead atoms. The van der Waals surface area contributed by atoms with Gasteiger partial charge in [0.05, 0.1) is 6.61 Å². The number of amides is 1. The number of ether oxygens (including phenoxy) is 2. The first-order chi connectivity index (χ1) is 15.0. The highest BCUT2D eigenvalue weighted by molar-refractivity contribution is 5.91. The minimum Gasteiger partial charge on any atom is -0.494 e. The maximum absolute atomic E-state index is 12.2. The molecule has 0 aliphatic heterocycles. The number of benzene rings is 3. The Morgan fingerprint density at radius 2 is 1.39 bits per heavy atom. The van der Waals surface area contributed by atoms with Gasteiger partial charge in [-0.3, -0.25) is 4.79 Å². The summed E-state index contributed by atoms with van der Waals surface area (Å²) in [5.74, 6) is 1.27. The Kier molecular flexibility index (Phi) is 7.71. The number of hydrogen-bond donors (Lipinski definition) is 1. The molecule has 0 radical (unpaired) electrons. The Morgan fingerprint density at radius 1 is 0.806 bits per heavy atom. The molecule has 1 N–H and O–H groups in total. The number of anilines is 1. The summed E-state index contributed by atoms with van der Waals surface area (Å²) in [6.07, 6.45) is 2.13. The van der Waals surface area contributed by atoms with Gasteiger partial charge in [0, 0.05) is 11.1 Å². The van der Waals surface area contributed by atoms with Crippen LogP contribution in [0.15, 0.2) is 78.9 Å². The summed E-state index contributed by atoms with van der Waals surface area (Å²) in [7, 11) is 0. The molecule has 0 heterocycles. The molecule has 0 aliphatic rings. The topological polar surface area (TPSA) is 47.6 Å². The van der Waals surface area contributed by atoms with Crippen molar-refractivity contribution in [2.45, 2.75) is 39.0 Å². The summed E-state index contributed by atoms with van der Waals surface area (Å²) in [4.78, 5) is 12.2. The number of carbonyl (C=O) groups is 1. The van der Waals surface area contributed by atoms with Gasteiger partial charge < -0.3 is 14.8 Å². The zero-order chi connectivity index (χ0) is 22.1. The molecule has 1 amide bonds. The first-order valence-electron chi connectivity index (χ1n) is 10.8. The van der Waals surface area contributed by atoms with E-state index in [1.807, 2.05) is 42.5 Å². The fourth-order valence-electron chi connectivity index (χ4n) is 3.30. The third-order valence-electron chi connectivity index (χ3n) is 5.35. The molecule has 31 heavy (non-hydrogen) atoms. The van der Waals surface area contributed by atoms with Crippen LogP contribution in [-0.4, -0.2) is 19.1 Å². The summed E-state index contributed by atoms with van der Waals surface area (Å²) in [5.41, 5.74) is 3.06. The SMILES string of the molecule is CCCCOc1ccc(NC(=O)COc2ccc(C(C)(C)c3ccccc3)cc2)cc1. The van der Waals surface area contributed by atoms with Crippen molar-refractivity contribution in [3.05, 3.63) is 90.0 Å². The average molecular weight is 418 g/mol. The highest BCUT2D eigenvalue weighted by atomic mass is 16.5. The zero-order valence-electron chi connectivity index (χ0n) is 18.6. The molecular formula is C27H31NO3. The van der Waals surface area contributed by atoms with E-state index < -0.39 is 0 Å². The number of rotatable bonds is 10. The molecule has 0 aliphatic carbocycles. The van der Waals surface area contributed by atoms with E-state index in [1.54, 1.807) is 0 Å². The fourth-order valence-corrected chi connectivity index (χ4v) is 3.30. The van der Waals surface area contributed by atoms with Crippen LogP contribution < -0.4 is 14.8 Å². The van der Waals surface area contributed by atoms with Crippen LogP contribution >= 0.6 is 0 Å². The molecule has 3 rings (SSSR count). The van der Waals surface area contributed by atoms with E-state index in [9.17, 15) is 4.79 Å². The summed E-state index contributed by atoms with van der Waals surface area (Å²) >= 11 is 0. The largest absolute Gasteiger partial charge is 0.494 e. The first-order valence-corrected chi connectivity index (χ1v) is 10.8. The van der Waals surface area contributed by atoms with Gasteiger partial charge in [0.2, 0.25) is 0 Å². The standard InChI is InChI=1S/C27H31NO3/c1-4-5-19-30-24-17-13-23(14-18-24)28-26(29)20-31-25-15-11-22(12-16-25)27(2,3)21-9-7-6-8-10-21/h6-18H,4-5,19-20H2,1-3H3,(H,28,29). The van der Waals surface area contributed by atoms with Crippen molar-refractivity contribution in [2.24, 2.45) is 0 Å². The van der Waals surface area contributed by atoms with Crippen molar-refractivity contribution in [3.63, 3.8) is 0 Å². The fraction of sp³-hybridized carbons (Fsp3) is 0.296. The molecule has 0 spiro atoms. The van der Waals surface area contributed by atoms with E-state index in [-0.39, 0.29) is 17.9 Å². The molecule has 0 fully saturated rings. The number of nitrogens with one attached hydrogen (secondary N) is 1. The molecular weight excluding hydrogens is 386 g/mol. The van der Waals surface area contributed by atoms with Gasteiger partial charge in [0.1, 0.15) is 11.5 Å². The highest BCUT2D eigenvalue weighted by Gasteiger charge is 2.22. The Balaban J connectivity index is 1.50. The maximum atomic E-state index is 12.2. The van der Waals surface area contributed by atoms with Gasteiger partial charge in [-0.2, -0.15) is 0 Å². The van der Waals surface area contributed by atoms with E-state index in [2.05, 4.69) is 62.5 Å². The normalized spacial score (nSPS) is 11.1. The van der Waals surface area contributed by atoms with Gasteiger partial charge in [-0.05, 0) is 53.9 Å². The van der Waals surface area contributed by atoms with Crippen LogP contribution in [0.3, 0.4) is 0 Å². The van der Waals surface area contributed by atoms with Crippen LogP contribution in [0, 0.1) is 0 Å². The summed E-state index contributed by atoms with van der Waals surface area (Å²) in [6.45, 7) is 7.19. The molecule has 162 valence electrons.